The zero-order chi connectivity index (χ0) is 13.1. The average molecular weight is 290 g/mol. The van der Waals surface area contributed by atoms with E-state index < -0.39 is 0 Å². The second kappa shape index (κ2) is 5.89. The van der Waals surface area contributed by atoms with Crippen LogP contribution in [0.1, 0.15) is 18.0 Å². The van der Waals surface area contributed by atoms with Crippen LogP contribution in [0.4, 0.5) is 0 Å². The molecule has 0 radical (unpaired) electrons. The fourth-order valence-electron chi connectivity index (χ4n) is 1.93. The zero-order valence-corrected chi connectivity index (χ0v) is 11.3. The summed E-state index contributed by atoms with van der Waals surface area (Å²) in [7, 11) is 1.54. The first-order valence-corrected chi connectivity index (χ1v) is 6.23. The molecule has 6 heteroatoms. The van der Waals surface area contributed by atoms with Crippen molar-refractivity contribution in [1.29, 1.82) is 0 Å². The second-order valence-corrected chi connectivity index (χ2v) is 4.79. The third-order valence-corrected chi connectivity index (χ3v) is 3.57. The van der Waals surface area contributed by atoms with Gasteiger partial charge in [-0.05, 0) is 12.1 Å². The number of ether oxygens (including phenoxy) is 2. The second-order valence-electron chi connectivity index (χ2n) is 4.00. The summed E-state index contributed by atoms with van der Waals surface area (Å²) in [5.41, 5.74) is 0.715. The van der Waals surface area contributed by atoms with Crippen molar-refractivity contribution in [2.24, 2.45) is 0 Å². The van der Waals surface area contributed by atoms with Crippen LogP contribution >= 0.6 is 23.2 Å². The van der Waals surface area contributed by atoms with Gasteiger partial charge in [-0.25, -0.2) is 0 Å². The summed E-state index contributed by atoms with van der Waals surface area (Å²) >= 11 is 12.2. The third kappa shape index (κ3) is 2.78. The third-order valence-electron chi connectivity index (χ3n) is 2.75. The van der Waals surface area contributed by atoms with Gasteiger partial charge >= 0.3 is 0 Å². The number of carbonyl (C=O) groups excluding carboxylic acids is 1. The maximum atomic E-state index is 11.3. The van der Waals surface area contributed by atoms with Crippen LogP contribution in [0.15, 0.2) is 12.1 Å². The van der Waals surface area contributed by atoms with Gasteiger partial charge < -0.3 is 14.8 Å². The fraction of sp³-hybridized carbons (Fsp3) is 0.417. The van der Waals surface area contributed by atoms with Gasteiger partial charge in [-0.15, -0.1) is 0 Å². The van der Waals surface area contributed by atoms with Crippen LogP contribution in [-0.4, -0.2) is 26.2 Å². The number of hydrogen-bond acceptors (Lipinski definition) is 4. The van der Waals surface area contributed by atoms with Gasteiger partial charge in [0.1, 0.15) is 11.5 Å². The van der Waals surface area contributed by atoms with Gasteiger partial charge in [0.2, 0.25) is 0 Å². The molecule has 98 valence electrons. The molecule has 0 aliphatic carbocycles. The van der Waals surface area contributed by atoms with Crippen LogP contribution in [-0.2, 0) is 9.53 Å². The molecule has 1 aromatic carbocycles. The Bertz CT molecular complexity index is 465. The Kier molecular flexibility index (Phi) is 4.45. The van der Waals surface area contributed by atoms with E-state index in [-0.39, 0.29) is 18.6 Å². The standard InChI is InChI=1S/C12H13Cl2NO3/c1-17-6-18-10-3-2-8(13)12(14)11(10)9-4-7(16)5-15-9/h2-3,9,15H,4-6H2,1H3. The topological polar surface area (TPSA) is 47.6 Å². The van der Waals surface area contributed by atoms with Crippen molar-refractivity contribution in [2.75, 3.05) is 20.4 Å². The Hall–Kier alpha value is -0.810. The average Bonchev–Trinajstić information content (AvgIpc) is 2.77. The number of halogens is 2. The van der Waals surface area contributed by atoms with Crippen LogP contribution in [0.25, 0.3) is 0 Å². The van der Waals surface area contributed by atoms with Gasteiger partial charge in [0.15, 0.2) is 6.79 Å². The molecule has 0 bridgehead atoms. The van der Waals surface area contributed by atoms with Crippen LogP contribution in [0.5, 0.6) is 5.75 Å². The fourth-order valence-corrected chi connectivity index (χ4v) is 2.39. The molecule has 1 heterocycles. The minimum Gasteiger partial charge on any atom is -0.467 e. The number of benzene rings is 1. The summed E-state index contributed by atoms with van der Waals surface area (Å²) < 4.78 is 10.3. The van der Waals surface area contributed by atoms with E-state index in [1.54, 1.807) is 12.1 Å². The van der Waals surface area contributed by atoms with Crippen LogP contribution in [0, 0.1) is 0 Å². The molecule has 1 saturated heterocycles. The number of methoxy groups -OCH3 is 1. The smallest absolute Gasteiger partial charge is 0.188 e. The first-order valence-electron chi connectivity index (χ1n) is 5.48. The quantitative estimate of drug-likeness (QED) is 0.866. The molecule has 18 heavy (non-hydrogen) atoms. The molecule has 1 aromatic rings. The van der Waals surface area contributed by atoms with Gasteiger partial charge in [-0.1, -0.05) is 23.2 Å². The maximum absolute atomic E-state index is 11.3. The Morgan fingerprint density at radius 3 is 2.83 bits per heavy atom. The lowest BCUT2D eigenvalue weighted by Gasteiger charge is -2.18. The summed E-state index contributed by atoms with van der Waals surface area (Å²) in [6.45, 7) is 0.461. The lowest BCUT2D eigenvalue weighted by molar-refractivity contribution is -0.116. The van der Waals surface area contributed by atoms with Gasteiger partial charge in [0.05, 0.1) is 16.6 Å². The molecule has 0 spiro atoms. The van der Waals surface area contributed by atoms with Gasteiger partial charge in [-0.3, -0.25) is 4.79 Å². The lowest BCUT2D eigenvalue weighted by Crippen LogP contribution is -2.15. The number of carbonyl (C=O) groups is 1. The van der Waals surface area contributed by atoms with Gasteiger partial charge in [0.25, 0.3) is 0 Å². The van der Waals surface area contributed by atoms with Crippen molar-refractivity contribution in [1.82, 2.24) is 5.32 Å². The van der Waals surface area contributed by atoms with Crippen molar-refractivity contribution >= 4 is 29.0 Å². The largest absolute Gasteiger partial charge is 0.467 e. The summed E-state index contributed by atoms with van der Waals surface area (Å²) in [5.74, 6) is 0.729. The highest BCUT2D eigenvalue weighted by Gasteiger charge is 2.28. The van der Waals surface area contributed by atoms with Crippen molar-refractivity contribution < 1.29 is 14.3 Å². The number of ketones is 1. The Morgan fingerprint density at radius 2 is 2.22 bits per heavy atom. The maximum Gasteiger partial charge on any atom is 0.188 e. The predicted octanol–water partition coefficient (Wildman–Crippen LogP) is 2.58. The van der Waals surface area contributed by atoms with Crippen molar-refractivity contribution in [3.05, 3.63) is 27.7 Å². The molecular weight excluding hydrogens is 277 g/mol. The Balaban J connectivity index is 2.35. The molecule has 1 fully saturated rings. The van der Waals surface area contributed by atoms with E-state index in [9.17, 15) is 4.79 Å². The van der Waals surface area contributed by atoms with Gasteiger partial charge in [-0.2, -0.15) is 0 Å². The highest BCUT2D eigenvalue weighted by Crippen LogP contribution is 2.39. The summed E-state index contributed by atoms with van der Waals surface area (Å²) in [5, 5.41) is 3.95. The summed E-state index contributed by atoms with van der Waals surface area (Å²) in [6.07, 6.45) is 0.392. The molecule has 0 aromatic heterocycles. The Morgan fingerprint density at radius 1 is 1.44 bits per heavy atom. The van der Waals surface area contributed by atoms with Gasteiger partial charge in [0, 0.05) is 25.1 Å². The number of nitrogens with one attached hydrogen (secondary N) is 1. The van der Waals surface area contributed by atoms with E-state index in [0.717, 1.165) is 0 Å². The van der Waals surface area contributed by atoms with E-state index in [0.29, 0.717) is 34.3 Å². The Labute approximate surface area is 115 Å². The monoisotopic (exact) mass is 289 g/mol. The molecule has 0 amide bonds. The molecule has 0 saturated carbocycles. The van der Waals surface area contributed by atoms with Crippen LogP contribution < -0.4 is 10.1 Å². The van der Waals surface area contributed by atoms with Crippen LogP contribution in [0.3, 0.4) is 0 Å². The van der Waals surface area contributed by atoms with E-state index in [1.165, 1.54) is 7.11 Å². The van der Waals surface area contributed by atoms with Crippen LogP contribution in [0.2, 0.25) is 10.0 Å². The van der Waals surface area contributed by atoms with E-state index in [2.05, 4.69) is 5.32 Å². The molecule has 1 aliphatic rings. The highest BCUT2D eigenvalue weighted by molar-refractivity contribution is 6.42. The minimum absolute atomic E-state index is 0.117. The molecule has 1 atom stereocenters. The highest BCUT2D eigenvalue weighted by atomic mass is 35.5. The molecule has 4 nitrogen and oxygen atoms in total. The summed E-state index contributed by atoms with van der Waals surface area (Å²) in [4.78, 5) is 11.3. The van der Waals surface area contributed by atoms with Crippen molar-refractivity contribution in [3.63, 3.8) is 0 Å². The molecule has 1 unspecified atom stereocenters. The number of hydrogen-bond donors (Lipinski definition) is 1. The number of Topliss-reactive ketones (excluding diaryl/α,β-unsaturated/α-hetero) is 1. The zero-order valence-electron chi connectivity index (χ0n) is 9.83. The SMILES string of the molecule is COCOc1ccc(Cl)c(Cl)c1C1CC(=O)CN1. The molecular formula is C12H13Cl2NO3. The first-order chi connectivity index (χ1) is 8.63. The molecule has 1 aliphatic heterocycles. The predicted molar refractivity (Wildman–Crippen MR) is 69.3 cm³/mol. The van der Waals surface area contributed by atoms with Crippen molar-refractivity contribution in [2.45, 2.75) is 12.5 Å². The van der Waals surface area contributed by atoms with E-state index in [1.807, 2.05) is 0 Å². The normalized spacial score (nSPS) is 19.3. The lowest BCUT2D eigenvalue weighted by atomic mass is 10.0. The minimum atomic E-state index is -0.157. The van der Waals surface area contributed by atoms with E-state index >= 15 is 0 Å². The van der Waals surface area contributed by atoms with Crippen molar-refractivity contribution in [3.8, 4) is 5.75 Å². The molecule has 1 N–H and O–H groups in total. The first kappa shape index (κ1) is 13.6. The molecule has 2 rings (SSSR count). The summed E-state index contributed by atoms with van der Waals surface area (Å²) in [6, 6.07) is 3.23. The number of rotatable bonds is 4. The van der Waals surface area contributed by atoms with E-state index in [4.69, 9.17) is 32.7 Å².